The Hall–Kier alpha value is -0.740. The molecule has 1 heterocycles. The number of piperidine rings is 1. The molecule has 1 aromatic carbocycles. The Bertz CT molecular complexity index is 480. The standard InChI is InChI=1S/C17H24BrNO2/c1-20-16-11-13(12-6-8-19-9-7-12)10-15(18)17(16)21-14-4-2-3-5-14/h10-12,14,19H,2-9H2,1H3. The molecule has 0 spiro atoms. The summed E-state index contributed by atoms with van der Waals surface area (Å²) in [4.78, 5) is 0. The highest BCUT2D eigenvalue weighted by Gasteiger charge is 2.23. The molecule has 0 atom stereocenters. The van der Waals surface area contributed by atoms with Crippen LogP contribution >= 0.6 is 15.9 Å². The van der Waals surface area contributed by atoms with Crippen molar-refractivity contribution in [1.29, 1.82) is 0 Å². The Labute approximate surface area is 135 Å². The van der Waals surface area contributed by atoms with Gasteiger partial charge in [0.05, 0.1) is 17.7 Å². The van der Waals surface area contributed by atoms with Crippen molar-refractivity contribution in [3.05, 3.63) is 22.2 Å². The average molecular weight is 354 g/mol. The predicted octanol–water partition coefficient (Wildman–Crippen LogP) is 4.25. The van der Waals surface area contributed by atoms with Crippen molar-refractivity contribution in [2.24, 2.45) is 0 Å². The molecule has 1 saturated heterocycles. The number of benzene rings is 1. The summed E-state index contributed by atoms with van der Waals surface area (Å²) in [6, 6.07) is 4.40. The zero-order chi connectivity index (χ0) is 14.7. The van der Waals surface area contributed by atoms with Gasteiger partial charge in [0.25, 0.3) is 0 Å². The maximum Gasteiger partial charge on any atom is 0.175 e. The molecular weight excluding hydrogens is 330 g/mol. The molecule has 2 fully saturated rings. The monoisotopic (exact) mass is 353 g/mol. The van der Waals surface area contributed by atoms with Crippen LogP contribution in [0.25, 0.3) is 0 Å². The molecule has 116 valence electrons. The van der Waals surface area contributed by atoms with Crippen LogP contribution in [0.4, 0.5) is 0 Å². The molecule has 1 N–H and O–H groups in total. The van der Waals surface area contributed by atoms with Crippen LogP contribution in [0.1, 0.15) is 50.0 Å². The Kier molecular flexibility index (Phi) is 5.07. The quantitative estimate of drug-likeness (QED) is 0.877. The van der Waals surface area contributed by atoms with Crippen molar-refractivity contribution in [2.75, 3.05) is 20.2 Å². The molecule has 0 amide bonds. The van der Waals surface area contributed by atoms with E-state index in [1.165, 1.54) is 31.2 Å². The van der Waals surface area contributed by atoms with Crippen LogP contribution in [0.15, 0.2) is 16.6 Å². The molecule has 0 radical (unpaired) electrons. The minimum Gasteiger partial charge on any atom is -0.493 e. The lowest BCUT2D eigenvalue weighted by Crippen LogP contribution is -2.26. The third-order valence-corrected chi connectivity index (χ3v) is 5.24. The number of hydrogen-bond acceptors (Lipinski definition) is 3. The second-order valence-corrected chi connectivity index (χ2v) is 6.94. The molecule has 0 bridgehead atoms. The summed E-state index contributed by atoms with van der Waals surface area (Å²) in [5, 5.41) is 3.42. The summed E-state index contributed by atoms with van der Waals surface area (Å²) >= 11 is 3.69. The van der Waals surface area contributed by atoms with E-state index in [1.54, 1.807) is 7.11 Å². The molecule has 1 aromatic rings. The van der Waals surface area contributed by atoms with Crippen molar-refractivity contribution < 1.29 is 9.47 Å². The fraction of sp³-hybridized carbons (Fsp3) is 0.647. The van der Waals surface area contributed by atoms with Gasteiger partial charge in [-0.2, -0.15) is 0 Å². The van der Waals surface area contributed by atoms with Crippen molar-refractivity contribution in [1.82, 2.24) is 5.32 Å². The smallest absolute Gasteiger partial charge is 0.175 e. The molecule has 4 heteroatoms. The average Bonchev–Trinajstić information content (AvgIpc) is 3.03. The van der Waals surface area contributed by atoms with Gasteiger partial charge in [-0.3, -0.25) is 0 Å². The zero-order valence-electron chi connectivity index (χ0n) is 12.7. The summed E-state index contributed by atoms with van der Waals surface area (Å²) < 4.78 is 12.8. The van der Waals surface area contributed by atoms with E-state index in [0.29, 0.717) is 12.0 Å². The maximum absolute atomic E-state index is 6.19. The van der Waals surface area contributed by atoms with Gasteiger partial charge in [-0.1, -0.05) is 0 Å². The first-order chi connectivity index (χ1) is 10.3. The number of hydrogen-bond donors (Lipinski definition) is 1. The SMILES string of the molecule is COc1cc(C2CCNCC2)cc(Br)c1OC1CCCC1. The summed E-state index contributed by atoms with van der Waals surface area (Å²) in [5.74, 6) is 2.36. The minimum absolute atomic E-state index is 0.347. The molecule has 1 aliphatic heterocycles. The molecule has 2 aliphatic rings. The molecule has 0 unspecified atom stereocenters. The second kappa shape index (κ2) is 7.01. The fourth-order valence-corrected chi connectivity index (χ4v) is 3.97. The Morgan fingerprint density at radius 2 is 1.81 bits per heavy atom. The Morgan fingerprint density at radius 3 is 2.48 bits per heavy atom. The lowest BCUT2D eigenvalue weighted by atomic mass is 9.90. The summed E-state index contributed by atoms with van der Waals surface area (Å²) in [6.45, 7) is 2.20. The van der Waals surface area contributed by atoms with Gasteiger partial charge in [-0.15, -0.1) is 0 Å². The fourth-order valence-electron chi connectivity index (χ4n) is 3.42. The Balaban J connectivity index is 1.82. The van der Waals surface area contributed by atoms with Crippen molar-refractivity contribution >= 4 is 15.9 Å². The minimum atomic E-state index is 0.347. The van der Waals surface area contributed by atoms with E-state index < -0.39 is 0 Å². The van der Waals surface area contributed by atoms with Crippen LogP contribution in [0, 0.1) is 0 Å². The zero-order valence-corrected chi connectivity index (χ0v) is 14.2. The lowest BCUT2D eigenvalue weighted by molar-refractivity contribution is 0.199. The summed E-state index contributed by atoms with van der Waals surface area (Å²) in [7, 11) is 1.73. The topological polar surface area (TPSA) is 30.5 Å². The van der Waals surface area contributed by atoms with Crippen LogP contribution in [0.3, 0.4) is 0 Å². The first-order valence-corrected chi connectivity index (χ1v) is 8.82. The second-order valence-electron chi connectivity index (χ2n) is 6.08. The molecule has 1 saturated carbocycles. The van der Waals surface area contributed by atoms with Crippen LogP contribution in [-0.4, -0.2) is 26.3 Å². The van der Waals surface area contributed by atoms with Gasteiger partial charge in [0.1, 0.15) is 0 Å². The van der Waals surface area contributed by atoms with E-state index >= 15 is 0 Å². The van der Waals surface area contributed by atoms with Gasteiger partial charge in [-0.05, 0) is 91.2 Å². The number of methoxy groups -OCH3 is 1. The highest BCUT2D eigenvalue weighted by molar-refractivity contribution is 9.10. The normalized spacial score (nSPS) is 20.7. The predicted molar refractivity (Wildman–Crippen MR) is 88.4 cm³/mol. The molecule has 1 aliphatic carbocycles. The number of rotatable bonds is 4. The molecule has 21 heavy (non-hydrogen) atoms. The van der Waals surface area contributed by atoms with Crippen molar-refractivity contribution in [3.63, 3.8) is 0 Å². The van der Waals surface area contributed by atoms with Gasteiger partial charge in [0.2, 0.25) is 0 Å². The van der Waals surface area contributed by atoms with Crippen LogP contribution in [0.5, 0.6) is 11.5 Å². The molecule has 3 rings (SSSR count). The lowest BCUT2D eigenvalue weighted by Gasteiger charge is -2.25. The van der Waals surface area contributed by atoms with E-state index in [2.05, 4.69) is 33.4 Å². The van der Waals surface area contributed by atoms with Gasteiger partial charge >= 0.3 is 0 Å². The van der Waals surface area contributed by atoms with E-state index in [1.807, 2.05) is 0 Å². The number of ether oxygens (including phenoxy) is 2. The third kappa shape index (κ3) is 3.54. The third-order valence-electron chi connectivity index (χ3n) is 4.65. The van der Waals surface area contributed by atoms with Crippen molar-refractivity contribution in [2.45, 2.75) is 50.5 Å². The highest BCUT2D eigenvalue weighted by atomic mass is 79.9. The van der Waals surface area contributed by atoms with E-state index in [-0.39, 0.29) is 0 Å². The first kappa shape index (κ1) is 15.2. The largest absolute Gasteiger partial charge is 0.493 e. The Morgan fingerprint density at radius 1 is 1.10 bits per heavy atom. The van der Waals surface area contributed by atoms with Crippen LogP contribution < -0.4 is 14.8 Å². The van der Waals surface area contributed by atoms with Crippen LogP contribution in [0.2, 0.25) is 0 Å². The van der Waals surface area contributed by atoms with Crippen LogP contribution in [-0.2, 0) is 0 Å². The van der Waals surface area contributed by atoms with E-state index in [9.17, 15) is 0 Å². The van der Waals surface area contributed by atoms with Crippen molar-refractivity contribution in [3.8, 4) is 11.5 Å². The van der Waals surface area contributed by atoms with Gasteiger partial charge in [0, 0.05) is 0 Å². The van der Waals surface area contributed by atoms with E-state index in [4.69, 9.17) is 9.47 Å². The number of halogens is 1. The van der Waals surface area contributed by atoms with Gasteiger partial charge < -0.3 is 14.8 Å². The van der Waals surface area contributed by atoms with Gasteiger partial charge in [-0.25, -0.2) is 0 Å². The first-order valence-electron chi connectivity index (χ1n) is 8.02. The van der Waals surface area contributed by atoms with Gasteiger partial charge in [0.15, 0.2) is 11.5 Å². The number of nitrogens with one attached hydrogen (secondary N) is 1. The highest BCUT2D eigenvalue weighted by Crippen LogP contribution is 2.41. The summed E-state index contributed by atoms with van der Waals surface area (Å²) in [6.07, 6.45) is 7.60. The van der Waals surface area contributed by atoms with E-state index in [0.717, 1.165) is 41.9 Å². The molecule has 0 aromatic heterocycles. The summed E-state index contributed by atoms with van der Waals surface area (Å²) in [5.41, 5.74) is 1.36. The molecule has 3 nitrogen and oxygen atoms in total. The molecular formula is C17H24BrNO2. The maximum atomic E-state index is 6.19.